The Morgan fingerprint density at radius 1 is 0.875 bits per heavy atom. The smallest absolute Gasteiger partial charge is 0.407 e. The Morgan fingerprint density at radius 3 is 2.09 bits per heavy atom. The molecule has 0 aliphatic heterocycles. The number of fused-ring (bicyclic) bond motifs is 3. The van der Waals surface area contributed by atoms with Crippen molar-refractivity contribution in [2.24, 2.45) is 0 Å². The number of hydrogen-bond donors (Lipinski definition) is 2. The van der Waals surface area contributed by atoms with E-state index in [9.17, 15) is 9.59 Å². The molecule has 0 saturated carbocycles. The number of alkyl carbamates (subject to hydrolysis) is 1. The lowest BCUT2D eigenvalue weighted by Gasteiger charge is -2.18. The van der Waals surface area contributed by atoms with Crippen molar-refractivity contribution < 1.29 is 14.3 Å². The highest BCUT2D eigenvalue weighted by molar-refractivity contribution is 5.84. The maximum absolute atomic E-state index is 12.5. The van der Waals surface area contributed by atoms with Gasteiger partial charge in [0, 0.05) is 12.5 Å². The van der Waals surface area contributed by atoms with Gasteiger partial charge in [-0.3, -0.25) is 4.79 Å². The molecule has 0 radical (unpaired) electrons. The van der Waals surface area contributed by atoms with Crippen LogP contribution in [0, 0.1) is 11.3 Å². The van der Waals surface area contributed by atoms with E-state index in [1.165, 1.54) is 0 Å². The summed E-state index contributed by atoms with van der Waals surface area (Å²) >= 11 is 0. The van der Waals surface area contributed by atoms with Crippen LogP contribution in [0.2, 0.25) is 0 Å². The van der Waals surface area contributed by atoms with E-state index in [0.29, 0.717) is 0 Å². The van der Waals surface area contributed by atoms with E-state index in [-0.39, 0.29) is 31.5 Å². The fourth-order valence-corrected chi connectivity index (χ4v) is 4.13. The quantitative estimate of drug-likeness (QED) is 0.561. The van der Waals surface area contributed by atoms with Gasteiger partial charge in [-0.1, -0.05) is 78.9 Å². The van der Waals surface area contributed by atoms with Crippen molar-refractivity contribution in [3.8, 4) is 17.2 Å². The number of nitriles is 1. The third kappa shape index (κ3) is 4.47. The molecule has 0 heterocycles. The number of carbonyl (C=O) groups is 2. The number of ether oxygens (including phenoxy) is 1. The standard InChI is InChI=1S/C26H23N3O3/c27-14-15-28-25(30)23(18-8-2-1-3-9-18)16-29-26(31)32-17-24-21-12-6-4-10-19(21)20-11-5-7-13-22(20)24/h1-13,23-24H,15-17H2,(H,28,30)(H,29,31). The molecule has 2 amide bonds. The minimum absolute atomic E-state index is 0.0306. The lowest BCUT2D eigenvalue weighted by molar-refractivity contribution is -0.122. The third-order valence-corrected chi connectivity index (χ3v) is 5.65. The summed E-state index contributed by atoms with van der Waals surface area (Å²) in [6, 6.07) is 27.3. The zero-order valence-corrected chi connectivity index (χ0v) is 17.5. The number of hydrogen-bond acceptors (Lipinski definition) is 4. The number of amides is 2. The Labute approximate surface area is 186 Å². The summed E-state index contributed by atoms with van der Waals surface area (Å²) in [5.74, 6) is -0.973. The highest BCUT2D eigenvalue weighted by Gasteiger charge is 2.29. The molecule has 0 fully saturated rings. The molecule has 3 aromatic rings. The normalized spacial score (nSPS) is 12.7. The second kappa shape index (κ2) is 9.80. The van der Waals surface area contributed by atoms with Crippen LogP contribution in [0.1, 0.15) is 28.5 Å². The van der Waals surface area contributed by atoms with Crippen molar-refractivity contribution in [1.82, 2.24) is 10.6 Å². The molecule has 6 heteroatoms. The molecule has 160 valence electrons. The van der Waals surface area contributed by atoms with Crippen LogP contribution in [-0.4, -0.2) is 31.7 Å². The van der Waals surface area contributed by atoms with Crippen LogP contribution < -0.4 is 10.6 Å². The van der Waals surface area contributed by atoms with Crippen LogP contribution in [0.4, 0.5) is 4.79 Å². The zero-order valence-electron chi connectivity index (χ0n) is 17.5. The molecule has 6 nitrogen and oxygen atoms in total. The van der Waals surface area contributed by atoms with Gasteiger partial charge in [-0.05, 0) is 27.8 Å². The second-order valence-corrected chi connectivity index (χ2v) is 7.55. The molecule has 0 aromatic heterocycles. The maximum Gasteiger partial charge on any atom is 0.407 e. The maximum atomic E-state index is 12.5. The van der Waals surface area contributed by atoms with Gasteiger partial charge in [0.2, 0.25) is 5.91 Å². The SMILES string of the molecule is N#CCNC(=O)C(CNC(=O)OCC1c2ccccc2-c2ccccc21)c1ccccc1. The number of nitrogens with one attached hydrogen (secondary N) is 2. The Kier molecular flexibility index (Phi) is 6.47. The van der Waals surface area contributed by atoms with Gasteiger partial charge >= 0.3 is 6.09 Å². The molecule has 4 rings (SSSR count). The van der Waals surface area contributed by atoms with Crippen molar-refractivity contribution in [2.75, 3.05) is 19.7 Å². The summed E-state index contributed by atoms with van der Waals surface area (Å²) in [6.45, 7) is 0.182. The van der Waals surface area contributed by atoms with E-state index in [4.69, 9.17) is 10.00 Å². The van der Waals surface area contributed by atoms with Gasteiger partial charge in [0.25, 0.3) is 0 Å². The van der Waals surface area contributed by atoms with Gasteiger partial charge in [0.15, 0.2) is 0 Å². The molecule has 1 unspecified atom stereocenters. The first kappa shape index (κ1) is 21.1. The van der Waals surface area contributed by atoms with E-state index in [1.54, 1.807) is 0 Å². The molecule has 2 N–H and O–H groups in total. The predicted octanol–water partition coefficient (Wildman–Crippen LogP) is 3.95. The first-order valence-electron chi connectivity index (χ1n) is 10.5. The molecule has 0 saturated heterocycles. The van der Waals surface area contributed by atoms with Crippen LogP contribution in [-0.2, 0) is 9.53 Å². The Morgan fingerprint density at radius 2 is 1.47 bits per heavy atom. The van der Waals surface area contributed by atoms with E-state index in [0.717, 1.165) is 27.8 Å². The predicted molar refractivity (Wildman–Crippen MR) is 121 cm³/mol. The van der Waals surface area contributed by atoms with Gasteiger partial charge in [-0.2, -0.15) is 5.26 Å². The van der Waals surface area contributed by atoms with E-state index in [1.807, 2.05) is 60.7 Å². The van der Waals surface area contributed by atoms with Crippen LogP contribution in [0.5, 0.6) is 0 Å². The minimum Gasteiger partial charge on any atom is -0.449 e. The average molecular weight is 425 g/mol. The summed E-state index contributed by atoms with van der Waals surface area (Å²) in [5.41, 5.74) is 5.35. The van der Waals surface area contributed by atoms with Crippen molar-refractivity contribution >= 4 is 12.0 Å². The highest BCUT2D eigenvalue weighted by atomic mass is 16.5. The summed E-state index contributed by atoms with van der Waals surface area (Å²) in [6.07, 6.45) is -0.583. The monoisotopic (exact) mass is 425 g/mol. The largest absolute Gasteiger partial charge is 0.449 e. The molecular weight excluding hydrogens is 402 g/mol. The third-order valence-electron chi connectivity index (χ3n) is 5.65. The summed E-state index contributed by atoms with van der Waals surface area (Å²) < 4.78 is 5.55. The summed E-state index contributed by atoms with van der Waals surface area (Å²) in [4.78, 5) is 25.0. The molecule has 1 atom stereocenters. The van der Waals surface area contributed by atoms with Crippen LogP contribution in [0.25, 0.3) is 11.1 Å². The molecule has 0 bridgehead atoms. The molecule has 1 aliphatic rings. The fraction of sp³-hybridized carbons (Fsp3) is 0.192. The minimum atomic E-state index is -0.620. The van der Waals surface area contributed by atoms with Gasteiger partial charge in [-0.25, -0.2) is 4.79 Å². The number of nitrogens with zero attached hydrogens (tertiary/aromatic N) is 1. The topological polar surface area (TPSA) is 91.2 Å². The number of rotatable bonds is 7. The Bertz CT molecular complexity index is 1110. The summed E-state index contributed by atoms with van der Waals surface area (Å²) in [7, 11) is 0. The van der Waals surface area contributed by atoms with E-state index < -0.39 is 12.0 Å². The first-order valence-corrected chi connectivity index (χ1v) is 10.5. The van der Waals surface area contributed by atoms with E-state index >= 15 is 0 Å². The van der Waals surface area contributed by atoms with E-state index in [2.05, 4.69) is 34.9 Å². The van der Waals surface area contributed by atoms with Gasteiger partial charge in [0.05, 0.1) is 12.0 Å². The molecule has 3 aromatic carbocycles. The van der Waals surface area contributed by atoms with Crippen LogP contribution in [0.15, 0.2) is 78.9 Å². The molecule has 0 spiro atoms. The van der Waals surface area contributed by atoms with Gasteiger partial charge in [-0.15, -0.1) is 0 Å². The molecular formula is C26H23N3O3. The molecule has 1 aliphatic carbocycles. The van der Waals surface area contributed by atoms with Crippen molar-refractivity contribution in [2.45, 2.75) is 11.8 Å². The average Bonchev–Trinajstić information content (AvgIpc) is 3.16. The van der Waals surface area contributed by atoms with Crippen molar-refractivity contribution in [1.29, 1.82) is 5.26 Å². The van der Waals surface area contributed by atoms with Crippen molar-refractivity contribution in [3.05, 3.63) is 95.6 Å². The lowest BCUT2D eigenvalue weighted by atomic mass is 9.98. The fourth-order valence-electron chi connectivity index (χ4n) is 4.13. The van der Waals surface area contributed by atoms with Crippen molar-refractivity contribution in [3.63, 3.8) is 0 Å². The Balaban J connectivity index is 1.40. The second-order valence-electron chi connectivity index (χ2n) is 7.55. The van der Waals surface area contributed by atoms with Crippen LogP contribution >= 0.6 is 0 Å². The van der Waals surface area contributed by atoms with Crippen LogP contribution in [0.3, 0.4) is 0 Å². The molecule has 32 heavy (non-hydrogen) atoms. The number of carbonyl (C=O) groups excluding carboxylic acids is 2. The number of benzene rings is 3. The highest BCUT2D eigenvalue weighted by Crippen LogP contribution is 2.44. The lowest BCUT2D eigenvalue weighted by Crippen LogP contribution is -2.38. The zero-order chi connectivity index (χ0) is 22.3. The van der Waals surface area contributed by atoms with Gasteiger partial charge in [0.1, 0.15) is 13.2 Å². The summed E-state index contributed by atoms with van der Waals surface area (Å²) in [5, 5.41) is 14.0. The Hall–Kier alpha value is -4.11. The first-order chi connectivity index (χ1) is 15.7. The van der Waals surface area contributed by atoms with Gasteiger partial charge < -0.3 is 15.4 Å².